The highest BCUT2D eigenvalue weighted by atomic mass is 16.6. The molecule has 0 saturated carbocycles. The Labute approximate surface area is 145 Å². The molecular formula is C17H19N3O5. The van der Waals surface area contributed by atoms with Gasteiger partial charge in [0.15, 0.2) is 5.75 Å². The van der Waals surface area contributed by atoms with Crippen LogP contribution in [0.25, 0.3) is 5.57 Å². The number of benzene rings is 1. The Morgan fingerprint density at radius 3 is 2.60 bits per heavy atom. The minimum atomic E-state index is -0.698. The lowest BCUT2D eigenvalue weighted by molar-refractivity contribution is -0.385. The predicted octanol–water partition coefficient (Wildman–Crippen LogP) is 3.20. The van der Waals surface area contributed by atoms with Crippen molar-refractivity contribution in [3.05, 3.63) is 39.4 Å². The average molecular weight is 345 g/mol. The van der Waals surface area contributed by atoms with Crippen LogP contribution in [0.5, 0.6) is 5.75 Å². The van der Waals surface area contributed by atoms with Gasteiger partial charge in [-0.3, -0.25) is 10.1 Å². The monoisotopic (exact) mass is 345 g/mol. The second kappa shape index (κ2) is 6.81. The molecule has 0 bridgehead atoms. The Balaban J connectivity index is 2.27. The Morgan fingerprint density at radius 1 is 1.44 bits per heavy atom. The van der Waals surface area contributed by atoms with E-state index in [1.165, 1.54) is 11.0 Å². The van der Waals surface area contributed by atoms with Gasteiger partial charge >= 0.3 is 11.8 Å². The highest BCUT2D eigenvalue weighted by Crippen LogP contribution is 2.34. The quantitative estimate of drug-likeness (QED) is 0.650. The molecule has 8 heteroatoms. The zero-order valence-electron chi connectivity index (χ0n) is 14.3. The van der Waals surface area contributed by atoms with Gasteiger partial charge < -0.3 is 14.7 Å². The fourth-order valence-electron chi connectivity index (χ4n) is 2.49. The van der Waals surface area contributed by atoms with Crippen molar-refractivity contribution < 1.29 is 19.6 Å². The van der Waals surface area contributed by atoms with Crippen LogP contribution < -0.4 is 0 Å². The van der Waals surface area contributed by atoms with Crippen molar-refractivity contribution in [3.8, 4) is 11.8 Å². The normalized spacial score (nSPS) is 14.5. The van der Waals surface area contributed by atoms with Crippen molar-refractivity contribution >= 4 is 17.4 Å². The number of nitro benzene ring substituents is 1. The number of ether oxygens (including phenoxy) is 1. The molecular weight excluding hydrogens is 326 g/mol. The van der Waals surface area contributed by atoms with Gasteiger partial charge in [0.05, 0.1) is 16.6 Å². The predicted molar refractivity (Wildman–Crippen MR) is 89.9 cm³/mol. The number of rotatable bonds is 2. The molecule has 25 heavy (non-hydrogen) atoms. The fourth-order valence-corrected chi connectivity index (χ4v) is 2.49. The van der Waals surface area contributed by atoms with Gasteiger partial charge in [-0.2, -0.15) is 5.26 Å². The summed E-state index contributed by atoms with van der Waals surface area (Å²) in [4.78, 5) is 23.9. The summed E-state index contributed by atoms with van der Waals surface area (Å²) in [5, 5.41) is 29.9. The maximum atomic E-state index is 12.1. The van der Waals surface area contributed by atoms with Crippen molar-refractivity contribution in [3.63, 3.8) is 0 Å². The van der Waals surface area contributed by atoms with Crippen molar-refractivity contribution in [2.75, 3.05) is 13.1 Å². The van der Waals surface area contributed by atoms with Gasteiger partial charge in [-0.05, 0) is 32.8 Å². The van der Waals surface area contributed by atoms with Crippen LogP contribution in [0.15, 0.2) is 18.2 Å². The topological polar surface area (TPSA) is 117 Å². The first-order chi connectivity index (χ1) is 11.6. The molecule has 2 rings (SSSR count). The van der Waals surface area contributed by atoms with Crippen molar-refractivity contribution in [2.24, 2.45) is 0 Å². The number of phenolic OH excluding ortho intramolecular Hbond substituents is 1. The molecule has 0 atom stereocenters. The lowest BCUT2D eigenvalue weighted by atomic mass is 9.94. The first-order valence-corrected chi connectivity index (χ1v) is 7.71. The summed E-state index contributed by atoms with van der Waals surface area (Å²) in [5.74, 6) is -0.544. The maximum absolute atomic E-state index is 12.1. The van der Waals surface area contributed by atoms with Crippen molar-refractivity contribution in [2.45, 2.75) is 32.8 Å². The van der Waals surface area contributed by atoms with Crippen LogP contribution in [-0.2, 0) is 4.74 Å². The van der Waals surface area contributed by atoms with Crippen LogP contribution >= 0.6 is 0 Å². The molecule has 0 fully saturated rings. The smallest absolute Gasteiger partial charge is 0.410 e. The zero-order chi connectivity index (χ0) is 18.8. The third-order valence-electron chi connectivity index (χ3n) is 3.64. The fraction of sp³-hybridized carbons (Fsp3) is 0.412. The van der Waals surface area contributed by atoms with Gasteiger partial charge in [-0.25, -0.2) is 4.79 Å². The number of phenols is 1. The summed E-state index contributed by atoms with van der Waals surface area (Å²) < 4.78 is 5.31. The summed E-state index contributed by atoms with van der Waals surface area (Å²) in [6.07, 6.45) is 1.74. The Morgan fingerprint density at radius 2 is 2.12 bits per heavy atom. The van der Waals surface area contributed by atoms with Crippen LogP contribution in [0.3, 0.4) is 0 Å². The third kappa shape index (κ3) is 4.26. The molecule has 0 spiro atoms. The van der Waals surface area contributed by atoms with Gasteiger partial charge in [-0.15, -0.1) is 0 Å². The summed E-state index contributed by atoms with van der Waals surface area (Å²) >= 11 is 0. The number of nitro groups is 1. The first kappa shape index (κ1) is 18.3. The standard InChI is InChI=1S/C17H19N3O5/c1-17(2,3)25-16(22)19-6-4-11(5-7-19)13-9-14(20(23)24)15(21)8-12(13)10-18/h4,8-9,21H,5-7H2,1-3H3. The maximum Gasteiger partial charge on any atom is 0.410 e. The van der Waals surface area contributed by atoms with E-state index in [4.69, 9.17) is 4.74 Å². The lowest BCUT2D eigenvalue weighted by Crippen LogP contribution is -2.39. The molecule has 1 aliphatic rings. The Hall–Kier alpha value is -3.08. The highest BCUT2D eigenvalue weighted by molar-refractivity contribution is 5.77. The van der Waals surface area contributed by atoms with E-state index in [2.05, 4.69) is 0 Å². The molecule has 1 aromatic carbocycles. The second-order valence-electron chi connectivity index (χ2n) is 6.66. The second-order valence-corrected chi connectivity index (χ2v) is 6.66. The van der Waals surface area contributed by atoms with Crippen LogP contribution in [0.4, 0.5) is 10.5 Å². The average Bonchev–Trinajstić information content (AvgIpc) is 2.52. The van der Waals surface area contributed by atoms with Gasteiger partial charge in [-0.1, -0.05) is 6.08 Å². The number of carbonyl (C=O) groups is 1. The van der Waals surface area contributed by atoms with Gasteiger partial charge in [0.1, 0.15) is 5.60 Å². The van der Waals surface area contributed by atoms with Crippen molar-refractivity contribution in [1.82, 2.24) is 4.90 Å². The van der Waals surface area contributed by atoms with Gasteiger partial charge in [0, 0.05) is 30.8 Å². The van der Waals surface area contributed by atoms with Crippen LogP contribution in [0, 0.1) is 21.4 Å². The van der Waals surface area contributed by atoms with Crippen molar-refractivity contribution in [1.29, 1.82) is 5.26 Å². The zero-order valence-corrected chi connectivity index (χ0v) is 14.3. The number of nitrogens with zero attached hydrogens (tertiary/aromatic N) is 3. The van der Waals surface area contributed by atoms with E-state index in [1.54, 1.807) is 26.8 Å². The highest BCUT2D eigenvalue weighted by Gasteiger charge is 2.26. The van der Waals surface area contributed by atoms with E-state index in [0.717, 1.165) is 11.6 Å². The summed E-state index contributed by atoms with van der Waals surface area (Å²) in [6, 6.07) is 4.23. The number of amides is 1. The van der Waals surface area contributed by atoms with E-state index in [-0.39, 0.29) is 12.1 Å². The van der Waals surface area contributed by atoms with Crippen LogP contribution in [-0.4, -0.2) is 39.7 Å². The molecule has 0 aromatic heterocycles. The molecule has 8 nitrogen and oxygen atoms in total. The summed E-state index contributed by atoms with van der Waals surface area (Å²) in [5.41, 5.74) is 0.229. The molecule has 0 aliphatic carbocycles. The van der Waals surface area contributed by atoms with Gasteiger partial charge in [0.25, 0.3) is 0 Å². The van der Waals surface area contributed by atoms with Crippen LogP contribution in [0.1, 0.15) is 38.3 Å². The molecule has 0 saturated heterocycles. The number of hydrogen-bond donors (Lipinski definition) is 1. The molecule has 0 radical (unpaired) electrons. The van der Waals surface area contributed by atoms with E-state index in [1.807, 2.05) is 6.07 Å². The number of aromatic hydroxyl groups is 1. The Kier molecular flexibility index (Phi) is 4.97. The number of nitriles is 1. The molecule has 1 amide bonds. The van der Waals surface area contributed by atoms with E-state index in [0.29, 0.717) is 18.5 Å². The SMILES string of the molecule is CC(C)(C)OC(=O)N1CC=C(c2cc([N+](=O)[O-])c(O)cc2C#N)CC1. The summed E-state index contributed by atoms with van der Waals surface area (Å²) in [6.45, 7) is 6.00. The molecule has 1 aliphatic heterocycles. The summed E-state index contributed by atoms with van der Waals surface area (Å²) in [7, 11) is 0. The van der Waals surface area contributed by atoms with E-state index < -0.39 is 28.1 Å². The number of carbonyl (C=O) groups excluding carboxylic acids is 1. The van der Waals surface area contributed by atoms with Crippen LogP contribution in [0.2, 0.25) is 0 Å². The molecule has 1 aromatic rings. The third-order valence-corrected chi connectivity index (χ3v) is 3.64. The van der Waals surface area contributed by atoms with E-state index in [9.17, 15) is 25.3 Å². The molecule has 1 N–H and O–H groups in total. The molecule has 132 valence electrons. The molecule has 0 unspecified atom stereocenters. The first-order valence-electron chi connectivity index (χ1n) is 7.71. The van der Waals surface area contributed by atoms with Gasteiger partial charge in [0.2, 0.25) is 0 Å². The minimum absolute atomic E-state index is 0.153. The number of hydrogen-bond acceptors (Lipinski definition) is 6. The minimum Gasteiger partial charge on any atom is -0.502 e. The Bertz CT molecular complexity index is 787. The van der Waals surface area contributed by atoms with E-state index >= 15 is 0 Å². The molecule has 1 heterocycles. The largest absolute Gasteiger partial charge is 0.502 e. The lowest BCUT2D eigenvalue weighted by Gasteiger charge is -2.29.